The Labute approximate surface area is 216 Å². The zero-order valence-corrected chi connectivity index (χ0v) is 21.4. The van der Waals surface area contributed by atoms with Crippen LogP contribution >= 0.6 is 0 Å². The summed E-state index contributed by atoms with van der Waals surface area (Å²) in [4.78, 5) is 16.2. The molecule has 4 nitrogen and oxygen atoms in total. The van der Waals surface area contributed by atoms with E-state index < -0.39 is 23.0 Å². The van der Waals surface area contributed by atoms with Crippen molar-refractivity contribution in [2.45, 2.75) is 71.7 Å². The number of hydrogen-bond acceptors (Lipinski definition) is 2. The molecule has 0 aliphatic heterocycles. The van der Waals surface area contributed by atoms with Gasteiger partial charge in [-0.15, -0.1) is 0 Å². The number of aryl methyl sites for hydroxylation is 1. The van der Waals surface area contributed by atoms with Gasteiger partial charge in [-0.05, 0) is 42.2 Å². The molecular weight excluding hydrogens is 477 g/mol. The van der Waals surface area contributed by atoms with Crippen LogP contribution in [-0.4, -0.2) is 11.2 Å². The minimum absolute atomic E-state index is 0.0357. The molecule has 0 aliphatic carbocycles. The van der Waals surface area contributed by atoms with E-state index in [1.54, 1.807) is 18.2 Å². The molecule has 3 rings (SSSR count). The first-order chi connectivity index (χ1) is 17.7. The second-order valence-electron chi connectivity index (χ2n) is 9.30. The smallest absolute Gasteiger partial charge is 0.377 e. The summed E-state index contributed by atoms with van der Waals surface area (Å²) in [5.74, 6) is 0. The molecule has 0 amide bonds. The molecule has 0 radical (unpaired) electrons. The van der Waals surface area contributed by atoms with E-state index in [0.717, 1.165) is 35.6 Å². The van der Waals surface area contributed by atoms with Gasteiger partial charge in [0.25, 0.3) is 11.2 Å². The Bertz CT molecular complexity index is 1290. The summed E-state index contributed by atoms with van der Waals surface area (Å²) in [5, 5.41) is 0. The minimum Gasteiger partial charge on any atom is -0.377 e. The summed E-state index contributed by atoms with van der Waals surface area (Å²) in [6, 6.07) is 15.4. The summed E-state index contributed by atoms with van der Waals surface area (Å²) >= 11 is 0. The van der Waals surface area contributed by atoms with Gasteiger partial charge in [0.05, 0.1) is 18.7 Å². The van der Waals surface area contributed by atoms with Gasteiger partial charge in [-0.2, -0.15) is 13.2 Å². The van der Waals surface area contributed by atoms with Crippen molar-refractivity contribution >= 4 is 5.69 Å². The molecule has 0 aliphatic rings. The van der Waals surface area contributed by atoms with Gasteiger partial charge in [-0.3, -0.25) is 4.79 Å². The molecule has 7 heteroatoms. The predicted octanol–water partition coefficient (Wildman–Crippen LogP) is 8.32. The van der Waals surface area contributed by atoms with Crippen molar-refractivity contribution in [3.05, 3.63) is 98.6 Å². The molecule has 0 bridgehead atoms. The van der Waals surface area contributed by atoms with E-state index in [0.29, 0.717) is 18.8 Å². The fourth-order valence-electron chi connectivity index (χ4n) is 4.33. The largest absolute Gasteiger partial charge is 0.407 e. The lowest BCUT2D eigenvalue weighted by atomic mass is 10.0. The fraction of sp³-hybridized carbons (Fsp3) is 0.400. The van der Waals surface area contributed by atoms with Crippen molar-refractivity contribution in [1.29, 1.82) is 0 Å². The Morgan fingerprint density at radius 3 is 2.35 bits per heavy atom. The summed E-state index contributed by atoms with van der Waals surface area (Å²) < 4.78 is 48.3. The maximum absolute atomic E-state index is 13.7. The molecule has 0 saturated carbocycles. The molecule has 0 N–H and O–H groups in total. The number of alkyl halides is 3. The second kappa shape index (κ2) is 13.3. The van der Waals surface area contributed by atoms with Crippen molar-refractivity contribution in [2.75, 3.05) is 6.61 Å². The third-order valence-corrected chi connectivity index (χ3v) is 6.25. The Hall–Kier alpha value is -3.37. The number of nitrogens with zero attached hydrogens (tertiary/aromatic N) is 2. The molecule has 1 heterocycles. The lowest BCUT2D eigenvalue weighted by Crippen LogP contribution is -2.25. The third-order valence-electron chi connectivity index (χ3n) is 6.25. The molecular formula is C30H33F3N2O2. The standard InChI is InChI=1S/C30H33F3N2O2/c1-4-5-6-7-8-9-16-37-21-24-14-11-13-23(18-24)20-35-27(25-15-10-12-22(2)17-25)19-26(30(31,32)33)28(34-3)29(35)36/h10-15,17-19H,4-9,16,20-21H2,1-2H3. The van der Waals surface area contributed by atoms with Crippen molar-refractivity contribution in [2.24, 2.45) is 0 Å². The molecule has 196 valence electrons. The number of halogens is 3. The maximum atomic E-state index is 13.7. The molecule has 3 aromatic rings. The van der Waals surface area contributed by atoms with Gasteiger partial charge in [-0.25, -0.2) is 4.85 Å². The Balaban J connectivity index is 1.86. The third kappa shape index (κ3) is 7.80. The summed E-state index contributed by atoms with van der Waals surface area (Å²) in [6.45, 7) is 12.4. The number of rotatable bonds is 12. The molecule has 0 spiro atoms. The predicted molar refractivity (Wildman–Crippen MR) is 141 cm³/mol. The van der Waals surface area contributed by atoms with E-state index in [-0.39, 0.29) is 12.2 Å². The van der Waals surface area contributed by atoms with Gasteiger partial charge in [0.15, 0.2) is 0 Å². The maximum Gasteiger partial charge on any atom is 0.407 e. The zero-order chi connectivity index (χ0) is 26.8. The quantitative estimate of drug-likeness (QED) is 0.181. The molecule has 0 fully saturated rings. The molecule has 0 saturated heterocycles. The molecule has 1 aromatic heterocycles. The van der Waals surface area contributed by atoms with Crippen LogP contribution in [0.25, 0.3) is 16.1 Å². The first kappa shape index (κ1) is 28.2. The highest BCUT2D eigenvalue weighted by atomic mass is 19.4. The molecule has 37 heavy (non-hydrogen) atoms. The van der Waals surface area contributed by atoms with E-state index in [9.17, 15) is 18.0 Å². The highest BCUT2D eigenvalue weighted by Gasteiger charge is 2.36. The SMILES string of the molecule is [C-]#[N+]c1c(C(F)(F)F)cc(-c2cccc(C)c2)n(Cc2cccc(COCCCCCCCC)c2)c1=O. The topological polar surface area (TPSA) is 35.6 Å². The highest BCUT2D eigenvalue weighted by Crippen LogP contribution is 2.37. The van der Waals surface area contributed by atoms with Crippen molar-refractivity contribution in [1.82, 2.24) is 4.57 Å². The molecule has 0 atom stereocenters. The van der Waals surface area contributed by atoms with E-state index in [2.05, 4.69) is 11.8 Å². The van der Waals surface area contributed by atoms with Crippen LogP contribution in [0, 0.1) is 13.5 Å². The average molecular weight is 511 g/mol. The van der Waals surface area contributed by atoms with Gasteiger partial charge >= 0.3 is 6.18 Å². The lowest BCUT2D eigenvalue weighted by molar-refractivity contribution is -0.136. The van der Waals surface area contributed by atoms with Crippen molar-refractivity contribution in [3.8, 4) is 11.3 Å². The van der Waals surface area contributed by atoms with Gasteiger partial charge in [-0.1, -0.05) is 87.1 Å². The minimum atomic E-state index is -4.82. The number of benzene rings is 2. The van der Waals surface area contributed by atoms with Gasteiger partial charge in [0.2, 0.25) is 0 Å². The Morgan fingerprint density at radius 2 is 1.65 bits per heavy atom. The van der Waals surface area contributed by atoms with Crippen LogP contribution < -0.4 is 5.56 Å². The highest BCUT2D eigenvalue weighted by molar-refractivity contribution is 5.66. The second-order valence-corrected chi connectivity index (χ2v) is 9.30. The van der Waals surface area contributed by atoms with Crippen molar-refractivity contribution < 1.29 is 17.9 Å². The number of unbranched alkanes of at least 4 members (excludes halogenated alkanes) is 5. The van der Waals surface area contributed by atoms with E-state index in [1.807, 2.05) is 37.3 Å². The normalized spacial score (nSPS) is 11.5. The van der Waals surface area contributed by atoms with Crippen LogP contribution in [0.3, 0.4) is 0 Å². The first-order valence-corrected chi connectivity index (χ1v) is 12.7. The summed E-state index contributed by atoms with van der Waals surface area (Å²) in [5.41, 5.74) is 0.0447. The van der Waals surface area contributed by atoms with Crippen molar-refractivity contribution in [3.63, 3.8) is 0 Å². The Kier molecular flexibility index (Phi) is 10.1. The first-order valence-electron chi connectivity index (χ1n) is 12.7. The van der Waals surface area contributed by atoms with Crippen LogP contribution in [0.15, 0.2) is 59.4 Å². The zero-order valence-electron chi connectivity index (χ0n) is 21.4. The average Bonchev–Trinajstić information content (AvgIpc) is 2.86. The summed E-state index contributed by atoms with van der Waals surface area (Å²) in [6.07, 6.45) is 2.28. The van der Waals surface area contributed by atoms with Gasteiger partial charge in [0, 0.05) is 18.8 Å². The van der Waals surface area contributed by atoms with Crippen LogP contribution in [0.4, 0.5) is 18.9 Å². The monoisotopic (exact) mass is 510 g/mol. The van der Waals surface area contributed by atoms with Crippen LogP contribution in [0.1, 0.15) is 67.7 Å². The number of pyridine rings is 1. The van der Waals surface area contributed by atoms with E-state index in [1.165, 1.54) is 30.3 Å². The van der Waals surface area contributed by atoms with E-state index >= 15 is 0 Å². The number of aromatic nitrogens is 1. The lowest BCUT2D eigenvalue weighted by Gasteiger charge is -2.18. The number of hydrogen-bond donors (Lipinski definition) is 0. The fourth-order valence-corrected chi connectivity index (χ4v) is 4.33. The van der Waals surface area contributed by atoms with E-state index in [4.69, 9.17) is 11.3 Å². The number of ether oxygens (including phenoxy) is 1. The van der Waals surface area contributed by atoms with Crippen LogP contribution in [0.2, 0.25) is 0 Å². The summed E-state index contributed by atoms with van der Waals surface area (Å²) in [7, 11) is 0. The van der Waals surface area contributed by atoms with Gasteiger partial charge < -0.3 is 9.30 Å². The van der Waals surface area contributed by atoms with Crippen LogP contribution in [-0.2, 0) is 24.1 Å². The van der Waals surface area contributed by atoms with Gasteiger partial charge in [0.1, 0.15) is 0 Å². The van der Waals surface area contributed by atoms with Crippen LogP contribution in [0.5, 0.6) is 0 Å². The Morgan fingerprint density at radius 1 is 0.946 bits per heavy atom. The molecule has 0 unspecified atom stereocenters. The molecule has 2 aromatic carbocycles.